The number of para-hydroxylation sites is 1. The summed E-state index contributed by atoms with van der Waals surface area (Å²) in [5.74, 6) is 0.0581. The fraction of sp³-hybridized carbons (Fsp3) is 0.375. The van der Waals surface area contributed by atoms with E-state index in [9.17, 15) is 9.18 Å². The zero-order chi connectivity index (χ0) is 21.8. The Labute approximate surface area is 182 Å². The zero-order valence-corrected chi connectivity index (χ0v) is 18.0. The number of benzene rings is 1. The molecule has 162 valence electrons. The van der Waals surface area contributed by atoms with Gasteiger partial charge in [0.1, 0.15) is 5.83 Å². The van der Waals surface area contributed by atoms with Crippen LogP contribution in [0.5, 0.6) is 0 Å². The van der Waals surface area contributed by atoms with E-state index in [1.165, 1.54) is 0 Å². The minimum Gasteiger partial charge on any atom is -0.338 e. The van der Waals surface area contributed by atoms with Gasteiger partial charge in [-0.15, -0.1) is 0 Å². The highest BCUT2D eigenvalue weighted by Crippen LogP contribution is 2.32. The minimum absolute atomic E-state index is 0.0867. The van der Waals surface area contributed by atoms with Crippen LogP contribution >= 0.6 is 0 Å². The van der Waals surface area contributed by atoms with E-state index in [0.717, 1.165) is 31.9 Å². The number of aromatic nitrogens is 2. The van der Waals surface area contributed by atoms with E-state index in [2.05, 4.69) is 15.2 Å². The standard InChI is InChI=1S/C24H28FN5O/c1-17(2)30(18-8-4-3-5-9-18)23(31)20-16-27-24(29-14-12-26-13-15-29)28-22(20)19-10-6-7-11-21(19)25/h3-6,8-10,16-17,26H,7,11-15H2,1-2H3. The van der Waals surface area contributed by atoms with Gasteiger partial charge in [-0.25, -0.2) is 14.4 Å². The molecule has 6 nitrogen and oxygen atoms in total. The number of anilines is 2. The third-order valence-corrected chi connectivity index (χ3v) is 5.54. The quantitative estimate of drug-likeness (QED) is 0.792. The van der Waals surface area contributed by atoms with Crippen LogP contribution in [0.25, 0.3) is 5.57 Å². The largest absolute Gasteiger partial charge is 0.338 e. The molecule has 1 aliphatic carbocycles. The number of carbonyl (C=O) groups is 1. The molecule has 0 radical (unpaired) electrons. The molecular weight excluding hydrogens is 393 g/mol. The predicted octanol–water partition coefficient (Wildman–Crippen LogP) is 3.97. The molecule has 0 atom stereocenters. The SMILES string of the molecule is CC(C)N(C(=O)c1cnc(N2CCNCC2)nc1C1=C(F)CCC=C1)c1ccccc1. The lowest BCUT2D eigenvalue weighted by Gasteiger charge is -2.30. The van der Waals surface area contributed by atoms with E-state index in [-0.39, 0.29) is 17.8 Å². The maximum Gasteiger partial charge on any atom is 0.262 e. The summed E-state index contributed by atoms with van der Waals surface area (Å²) in [5, 5.41) is 3.31. The van der Waals surface area contributed by atoms with Crippen LogP contribution in [0.3, 0.4) is 0 Å². The van der Waals surface area contributed by atoms with Gasteiger partial charge in [0.15, 0.2) is 0 Å². The number of nitrogens with zero attached hydrogens (tertiary/aromatic N) is 4. The second-order valence-corrected chi connectivity index (χ2v) is 8.03. The number of halogens is 1. The first kappa shape index (κ1) is 21.2. The van der Waals surface area contributed by atoms with Crippen LogP contribution in [-0.4, -0.2) is 48.1 Å². The lowest BCUT2D eigenvalue weighted by Crippen LogP contribution is -2.44. The van der Waals surface area contributed by atoms with Crippen LogP contribution < -0.4 is 15.1 Å². The maximum absolute atomic E-state index is 14.9. The third-order valence-electron chi connectivity index (χ3n) is 5.54. The molecule has 1 N–H and O–H groups in total. The Balaban J connectivity index is 1.80. The maximum atomic E-state index is 14.9. The lowest BCUT2D eigenvalue weighted by atomic mass is 9.99. The van der Waals surface area contributed by atoms with Crippen LogP contribution in [0.4, 0.5) is 16.0 Å². The monoisotopic (exact) mass is 421 g/mol. The summed E-state index contributed by atoms with van der Waals surface area (Å²) in [6, 6.07) is 9.42. The van der Waals surface area contributed by atoms with Crippen LogP contribution in [0.2, 0.25) is 0 Å². The van der Waals surface area contributed by atoms with Gasteiger partial charge in [0.25, 0.3) is 5.91 Å². The number of hydrogen-bond acceptors (Lipinski definition) is 5. The summed E-state index contributed by atoms with van der Waals surface area (Å²) < 4.78 is 14.9. The first-order chi connectivity index (χ1) is 15.1. The summed E-state index contributed by atoms with van der Waals surface area (Å²) in [5.41, 5.74) is 1.84. The average Bonchev–Trinajstić information content (AvgIpc) is 2.80. The van der Waals surface area contributed by atoms with E-state index in [1.807, 2.05) is 50.3 Å². The summed E-state index contributed by atoms with van der Waals surface area (Å²) in [7, 11) is 0. The summed E-state index contributed by atoms with van der Waals surface area (Å²) >= 11 is 0. The Morgan fingerprint density at radius 2 is 1.94 bits per heavy atom. The normalized spacial score (nSPS) is 16.7. The number of amides is 1. The van der Waals surface area contributed by atoms with Gasteiger partial charge in [-0.2, -0.15) is 0 Å². The van der Waals surface area contributed by atoms with E-state index in [1.54, 1.807) is 17.2 Å². The highest BCUT2D eigenvalue weighted by Gasteiger charge is 2.28. The molecule has 7 heteroatoms. The number of allylic oxidation sites excluding steroid dienone is 4. The summed E-state index contributed by atoms with van der Waals surface area (Å²) in [6.45, 7) is 7.14. The first-order valence-electron chi connectivity index (χ1n) is 10.8. The molecular formula is C24H28FN5O. The fourth-order valence-electron chi connectivity index (χ4n) is 3.96. The Morgan fingerprint density at radius 1 is 1.19 bits per heavy atom. The van der Waals surface area contributed by atoms with Gasteiger partial charge in [0.2, 0.25) is 5.95 Å². The van der Waals surface area contributed by atoms with E-state index in [0.29, 0.717) is 35.6 Å². The van der Waals surface area contributed by atoms with E-state index >= 15 is 0 Å². The molecule has 1 amide bonds. The molecule has 0 bridgehead atoms. The van der Waals surface area contributed by atoms with Gasteiger partial charge in [0, 0.05) is 56.1 Å². The highest BCUT2D eigenvalue weighted by molar-refractivity contribution is 6.09. The van der Waals surface area contributed by atoms with Crippen molar-refractivity contribution < 1.29 is 9.18 Å². The van der Waals surface area contributed by atoms with Crippen LogP contribution in [0, 0.1) is 0 Å². The molecule has 0 spiro atoms. The Morgan fingerprint density at radius 3 is 2.61 bits per heavy atom. The highest BCUT2D eigenvalue weighted by atomic mass is 19.1. The zero-order valence-electron chi connectivity index (χ0n) is 18.0. The molecule has 0 saturated carbocycles. The summed E-state index contributed by atoms with van der Waals surface area (Å²) in [4.78, 5) is 26.7. The number of rotatable bonds is 5. The molecule has 31 heavy (non-hydrogen) atoms. The molecule has 1 saturated heterocycles. The Kier molecular flexibility index (Phi) is 6.42. The van der Waals surface area contributed by atoms with Crippen molar-refractivity contribution >= 4 is 23.1 Å². The fourth-order valence-corrected chi connectivity index (χ4v) is 3.96. The predicted molar refractivity (Wildman–Crippen MR) is 122 cm³/mol. The average molecular weight is 422 g/mol. The first-order valence-corrected chi connectivity index (χ1v) is 10.8. The van der Waals surface area contributed by atoms with Gasteiger partial charge in [-0.05, 0) is 32.4 Å². The van der Waals surface area contributed by atoms with Crippen molar-refractivity contribution in [2.75, 3.05) is 36.0 Å². The molecule has 1 fully saturated rings. The van der Waals surface area contributed by atoms with Crippen LogP contribution in [-0.2, 0) is 0 Å². The number of nitrogens with one attached hydrogen (secondary N) is 1. The molecule has 2 aliphatic rings. The molecule has 1 aromatic carbocycles. The van der Waals surface area contributed by atoms with Crippen molar-refractivity contribution in [3.63, 3.8) is 0 Å². The van der Waals surface area contributed by atoms with Crippen LogP contribution in [0.1, 0.15) is 42.7 Å². The van der Waals surface area contributed by atoms with Crippen molar-refractivity contribution in [2.24, 2.45) is 0 Å². The van der Waals surface area contributed by atoms with Crippen molar-refractivity contribution in [2.45, 2.75) is 32.7 Å². The van der Waals surface area contributed by atoms with E-state index in [4.69, 9.17) is 4.98 Å². The molecule has 2 heterocycles. The van der Waals surface area contributed by atoms with Crippen molar-refractivity contribution in [3.05, 3.63) is 65.8 Å². The second-order valence-electron chi connectivity index (χ2n) is 8.03. The number of hydrogen-bond donors (Lipinski definition) is 1. The molecule has 0 unspecified atom stereocenters. The van der Waals surface area contributed by atoms with Gasteiger partial charge in [-0.3, -0.25) is 4.79 Å². The number of piperazine rings is 1. The van der Waals surface area contributed by atoms with Crippen LogP contribution in [0.15, 0.2) is 54.5 Å². The van der Waals surface area contributed by atoms with Crippen molar-refractivity contribution in [1.82, 2.24) is 15.3 Å². The van der Waals surface area contributed by atoms with Gasteiger partial charge in [-0.1, -0.05) is 30.4 Å². The molecule has 1 aromatic heterocycles. The topological polar surface area (TPSA) is 61.4 Å². The molecule has 2 aromatic rings. The molecule has 1 aliphatic heterocycles. The van der Waals surface area contributed by atoms with Gasteiger partial charge in [0.05, 0.1) is 11.3 Å². The van der Waals surface area contributed by atoms with Crippen molar-refractivity contribution in [1.29, 1.82) is 0 Å². The van der Waals surface area contributed by atoms with E-state index < -0.39 is 0 Å². The van der Waals surface area contributed by atoms with Gasteiger partial charge < -0.3 is 15.1 Å². The Bertz CT molecular complexity index is 996. The molecule has 4 rings (SSSR count). The lowest BCUT2D eigenvalue weighted by molar-refractivity contribution is 0.0979. The number of carbonyl (C=O) groups excluding carboxylic acids is 1. The summed E-state index contributed by atoms with van der Waals surface area (Å²) in [6.07, 6.45) is 6.19. The second kappa shape index (κ2) is 9.39. The third kappa shape index (κ3) is 4.51. The van der Waals surface area contributed by atoms with Gasteiger partial charge >= 0.3 is 0 Å². The Hall–Kier alpha value is -3.06. The van der Waals surface area contributed by atoms with Crippen molar-refractivity contribution in [3.8, 4) is 0 Å². The smallest absolute Gasteiger partial charge is 0.262 e. The minimum atomic E-state index is -0.239.